The summed E-state index contributed by atoms with van der Waals surface area (Å²) in [5.74, 6) is 0. The van der Waals surface area contributed by atoms with Crippen LogP contribution in [-0.2, 0) is 0 Å². The lowest BCUT2D eigenvalue weighted by Crippen LogP contribution is -2.11. The van der Waals surface area contributed by atoms with E-state index in [4.69, 9.17) is 29.6 Å². The molecule has 92 valence electrons. The summed E-state index contributed by atoms with van der Waals surface area (Å²) in [5.41, 5.74) is 8.22. The first kappa shape index (κ1) is 13.3. The molecule has 0 unspecified atom stereocenters. The van der Waals surface area contributed by atoms with Crippen molar-refractivity contribution < 1.29 is 0 Å². The van der Waals surface area contributed by atoms with Crippen molar-refractivity contribution >= 4 is 56.1 Å². The van der Waals surface area contributed by atoms with Gasteiger partial charge in [0.05, 0.1) is 0 Å². The van der Waals surface area contributed by atoms with E-state index >= 15 is 0 Å². The quantitative estimate of drug-likeness (QED) is 0.808. The summed E-state index contributed by atoms with van der Waals surface area (Å²) in [6.45, 7) is 0. The lowest BCUT2D eigenvalue weighted by Gasteiger charge is -2.11. The van der Waals surface area contributed by atoms with Gasteiger partial charge in [0.25, 0.3) is 0 Å². The van der Waals surface area contributed by atoms with Gasteiger partial charge in [-0.25, -0.2) is 0 Å². The fourth-order valence-corrected chi connectivity index (χ4v) is 2.12. The molecule has 5 heteroatoms. The average Bonchev–Trinajstić information content (AvgIpc) is 2.34. The summed E-state index contributed by atoms with van der Waals surface area (Å²) in [7, 11) is 0. The molecule has 2 aromatic carbocycles. The van der Waals surface area contributed by atoms with Gasteiger partial charge < -0.3 is 11.1 Å². The van der Waals surface area contributed by atoms with Crippen LogP contribution in [0.3, 0.4) is 0 Å². The first-order chi connectivity index (χ1) is 8.56. The average molecular weight is 342 g/mol. The highest BCUT2D eigenvalue weighted by Crippen LogP contribution is 2.25. The van der Waals surface area contributed by atoms with Gasteiger partial charge in [-0.15, -0.1) is 0 Å². The number of thiocarbonyl (C=S) groups is 1. The summed E-state index contributed by atoms with van der Waals surface area (Å²) >= 11 is 14.3. The summed E-state index contributed by atoms with van der Waals surface area (Å²) in [6.07, 6.45) is 0. The second-order valence-corrected chi connectivity index (χ2v) is 5.48. The van der Waals surface area contributed by atoms with E-state index in [1.165, 1.54) is 0 Å². The number of halogens is 2. The highest BCUT2D eigenvalue weighted by atomic mass is 79.9. The molecule has 0 radical (unpaired) electrons. The Morgan fingerprint density at radius 3 is 2.44 bits per heavy atom. The smallest absolute Gasteiger partial charge is 0.106 e. The largest absolute Gasteiger partial charge is 0.389 e. The van der Waals surface area contributed by atoms with Crippen molar-refractivity contribution in [2.24, 2.45) is 5.73 Å². The zero-order valence-corrected chi connectivity index (χ0v) is 12.4. The fourth-order valence-electron chi connectivity index (χ4n) is 1.52. The van der Waals surface area contributed by atoms with E-state index in [-0.39, 0.29) is 0 Å². The topological polar surface area (TPSA) is 38.0 Å². The molecule has 0 heterocycles. The van der Waals surface area contributed by atoms with Gasteiger partial charge in [-0.3, -0.25) is 0 Å². The van der Waals surface area contributed by atoms with E-state index in [1.54, 1.807) is 12.1 Å². The van der Waals surface area contributed by atoms with Crippen LogP contribution in [0.15, 0.2) is 46.9 Å². The Balaban J connectivity index is 2.34. The van der Waals surface area contributed by atoms with Crippen LogP contribution >= 0.6 is 39.7 Å². The second-order valence-electron chi connectivity index (χ2n) is 3.69. The van der Waals surface area contributed by atoms with E-state index in [9.17, 15) is 0 Å². The lowest BCUT2D eigenvalue weighted by molar-refractivity contribution is 1.51. The third kappa shape index (κ3) is 3.22. The maximum Gasteiger partial charge on any atom is 0.106 e. The van der Waals surface area contributed by atoms with Gasteiger partial charge in [-0.05, 0) is 42.5 Å². The van der Waals surface area contributed by atoms with Crippen LogP contribution in [0.25, 0.3) is 0 Å². The summed E-state index contributed by atoms with van der Waals surface area (Å²) < 4.78 is 1.03. The Kier molecular flexibility index (Phi) is 4.22. The molecule has 0 atom stereocenters. The van der Waals surface area contributed by atoms with Crippen LogP contribution in [0.5, 0.6) is 0 Å². The molecule has 2 rings (SSSR count). The van der Waals surface area contributed by atoms with Gasteiger partial charge in [0.15, 0.2) is 0 Å². The number of hydrogen-bond donors (Lipinski definition) is 2. The van der Waals surface area contributed by atoms with Gasteiger partial charge in [0, 0.05) is 26.4 Å². The van der Waals surface area contributed by atoms with Crippen LogP contribution < -0.4 is 11.1 Å². The lowest BCUT2D eigenvalue weighted by atomic mass is 10.1. The van der Waals surface area contributed by atoms with Crippen molar-refractivity contribution in [3.05, 3.63) is 57.5 Å². The molecular formula is C13H10BrClN2S. The second kappa shape index (κ2) is 5.69. The van der Waals surface area contributed by atoms with Crippen molar-refractivity contribution in [1.29, 1.82) is 0 Å². The van der Waals surface area contributed by atoms with Crippen LogP contribution in [0.1, 0.15) is 5.56 Å². The molecular weight excluding hydrogens is 332 g/mol. The summed E-state index contributed by atoms with van der Waals surface area (Å²) in [5, 5.41) is 3.87. The molecule has 0 fully saturated rings. The maximum absolute atomic E-state index is 5.94. The molecule has 18 heavy (non-hydrogen) atoms. The van der Waals surface area contributed by atoms with Crippen LogP contribution in [0.4, 0.5) is 11.4 Å². The Labute approximate surface area is 124 Å². The van der Waals surface area contributed by atoms with Crippen molar-refractivity contribution in [2.45, 2.75) is 0 Å². The number of rotatable bonds is 3. The minimum Gasteiger partial charge on any atom is -0.389 e. The predicted octanol–water partition coefficient (Wildman–Crippen LogP) is 4.48. The first-order valence-corrected chi connectivity index (χ1v) is 6.76. The number of hydrogen-bond acceptors (Lipinski definition) is 2. The van der Waals surface area contributed by atoms with E-state index in [0.29, 0.717) is 10.0 Å². The molecule has 0 aromatic heterocycles. The van der Waals surface area contributed by atoms with E-state index in [2.05, 4.69) is 21.2 Å². The van der Waals surface area contributed by atoms with Crippen molar-refractivity contribution in [3.8, 4) is 0 Å². The molecule has 2 nitrogen and oxygen atoms in total. The molecule has 0 aliphatic rings. The maximum atomic E-state index is 5.94. The predicted molar refractivity (Wildman–Crippen MR) is 84.8 cm³/mol. The Hall–Kier alpha value is -1.10. The summed E-state index contributed by atoms with van der Waals surface area (Å²) in [6, 6.07) is 13.2. The van der Waals surface area contributed by atoms with Gasteiger partial charge in [-0.1, -0.05) is 39.7 Å². The summed E-state index contributed by atoms with van der Waals surface area (Å²) in [4.78, 5) is 0.317. The van der Waals surface area contributed by atoms with Crippen molar-refractivity contribution in [2.75, 3.05) is 5.32 Å². The highest BCUT2D eigenvalue weighted by Gasteiger charge is 2.06. The molecule has 0 saturated carbocycles. The molecule has 0 aliphatic carbocycles. The monoisotopic (exact) mass is 340 g/mol. The molecule has 0 aliphatic heterocycles. The molecule has 3 N–H and O–H groups in total. The number of anilines is 2. The zero-order valence-electron chi connectivity index (χ0n) is 9.28. The minimum absolute atomic E-state index is 0.317. The first-order valence-electron chi connectivity index (χ1n) is 5.18. The number of benzene rings is 2. The number of nitrogens with one attached hydrogen (secondary N) is 1. The van der Waals surface area contributed by atoms with Gasteiger partial charge in [0.2, 0.25) is 0 Å². The van der Waals surface area contributed by atoms with E-state index < -0.39 is 0 Å². The molecule has 2 aromatic rings. The van der Waals surface area contributed by atoms with Crippen LogP contribution in [0.2, 0.25) is 5.02 Å². The zero-order chi connectivity index (χ0) is 13.1. The van der Waals surface area contributed by atoms with Crippen LogP contribution in [-0.4, -0.2) is 4.99 Å². The molecule has 0 bridgehead atoms. The van der Waals surface area contributed by atoms with E-state index in [0.717, 1.165) is 21.4 Å². The minimum atomic E-state index is 0.317. The third-order valence-corrected chi connectivity index (χ3v) is 3.35. The van der Waals surface area contributed by atoms with Crippen LogP contribution in [0, 0.1) is 0 Å². The van der Waals surface area contributed by atoms with Crippen molar-refractivity contribution in [3.63, 3.8) is 0 Å². The van der Waals surface area contributed by atoms with E-state index in [1.807, 2.05) is 30.3 Å². The molecule has 0 amide bonds. The third-order valence-electron chi connectivity index (χ3n) is 2.37. The molecule has 0 saturated heterocycles. The highest BCUT2D eigenvalue weighted by molar-refractivity contribution is 9.10. The standard InChI is InChI=1S/C13H10BrClN2S/c14-8-1-4-10(5-2-8)17-12-6-3-9(15)7-11(12)13(16)18/h1-7,17H,(H2,16,18). The fraction of sp³-hybridized carbons (Fsp3) is 0. The normalized spacial score (nSPS) is 10.1. The Morgan fingerprint density at radius 1 is 1.17 bits per heavy atom. The SMILES string of the molecule is NC(=S)c1cc(Cl)ccc1Nc1ccc(Br)cc1. The van der Waals surface area contributed by atoms with Gasteiger partial charge in [0.1, 0.15) is 4.99 Å². The van der Waals surface area contributed by atoms with Crippen molar-refractivity contribution in [1.82, 2.24) is 0 Å². The van der Waals surface area contributed by atoms with Gasteiger partial charge >= 0.3 is 0 Å². The molecule has 0 spiro atoms. The Morgan fingerprint density at radius 2 is 1.83 bits per heavy atom. The Bertz CT molecular complexity index is 584. The van der Waals surface area contributed by atoms with Gasteiger partial charge in [-0.2, -0.15) is 0 Å². The number of nitrogens with two attached hydrogens (primary N) is 1.